The lowest BCUT2D eigenvalue weighted by molar-refractivity contribution is 0.0618. The summed E-state index contributed by atoms with van der Waals surface area (Å²) >= 11 is 0. The molecule has 0 radical (unpaired) electrons. The van der Waals surface area contributed by atoms with Crippen LogP contribution < -0.4 is 0 Å². The summed E-state index contributed by atoms with van der Waals surface area (Å²) in [5.74, 6) is 0.551. The van der Waals surface area contributed by atoms with Gasteiger partial charge in [-0.05, 0) is 24.6 Å². The van der Waals surface area contributed by atoms with Crippen LogP contribution in [0.3, 0.4) is 0 Å². The zero-order chi connectivity index (χ0) is 18.6. The highest BCUT2D eigenvalue weighted by Crippen LogP contribution is 2.21. The van der Waals surface area contributed by atoms with E-state index in [1.54, 1.807) is 6.07 Å². The molecule has 6 heteroatoms. The number of hydrogen-bond acceptors (Lipinski definition) is 5. The second-order valence-electron chi connectivity index (χ2n) is 6.87. The van der Waals surface area contributed by atoms with Crippen molar-refractivity contribution in [3.8, 4) is 11.3 Å². The maximum Gasteiger partial charge on any atom is 0.276 e. The van der Waals surface area contributed by atoms with Crippen LogP contribution in [0.2, 0.25) is 0 Å². The Bertz CT molecular complexity index is 897. The number of amides is 1. The molecule has 0 saturated carbocycles. The molecule has 0 N–H and O–H groups in total. The Morgan fingerprint density at radius 1 is 1.04 bits per heavy atom. The molecule has 0 bridgehead atoms. The Morgan fingerprint density at radius 3 is 2.44 bits per heavy atom. The SMILES string of the molecule is Cc1ccc(-c2cc(C(=O)N3CCN(Cc4ccncc4)CC3)no2)cc1. The zero-order valence-electron chi connectivity index (χ0n) is 15.3. The lowest BCUT2D eigenvalue weighted by Gasteiger charge is -2.34. The average molecular weight is 362 g/mol. The van der Waals surface area contributed by atoms with Crippen LogP contribution in [0.15, 0.2) is 59.4 Å². The summed E-state index contributed by atoms with van der Waals surface area (Å²) in [5, 5.41) is 3.99. The molecule has 0 spiro atoms. The molecular weight excluding hydrogens is 340 g/mol. The highest BCUT2D eigenvalue weighted by atomic mass is 16.5. The van der Waals surface area contributed by atoms with Gasteiger partial charge in [0.2, 0.25) is 0 Å². The third-order valence-corrected chi connectivity index (χ3v) is 4.88. The Labute approximate surface area is 158 Å². The Balaban J connectivity index is 1.36. The van der Waals surface area contributed by atoms with E-state index in [4.69, 9.17) is 4.52 Å². The maximum absolute atomic E-state index is 12.7. The Hall–Kier alpha value is -2.99. The van der Waals surface area contributed by atoms with Crippen molar-refractivity contribution >= 4 is 5.91 Å². The van der Waals surface area contributed by atoms with Crippen molar-refractivity contribution in [3.63, 3.8) is 0 Å². The lowest BCUT2D eigenvalue weighted by atomic mass is 10.1. The van der Waals surface area contributed by atoms with Gasteiger partial charge in [0.15, 0.2) is 11.5 Å². The van der Waals surface area contributed by atoms with Crippen LogP contribution in [0.4, 0.5) is 0 Å². The number of pyridine rings is 1. The largest absolute Gasteiger partial charge is 0.355 e. The number of aryl methyl sites for hydroxylation is 1. The lowest BCUT2D eigenvalue weighted by Crippen LogP contribution is -2.48. The van der Waals surface area contributed by atoms with Crippen LogP contribution in [0, 0.1) is 6.92 Å². The first-order valence-electron chi connectivity index (χ1n) is 9.13. The van der Waals surface area contributed by atoms with E-state index in [0.717, 1.165) is 25.2 Å². The summed E-state index contributed by atoms with van der Waals surface area (Å²) in [5.41, 5.74) is 3.71. The molecule has 0 atom stereocenters. The summed E-state index contributed by atoms with van der Waals surface area (Å²) in [6, 6.07) is 13.8. The Kier molecular flexibility index (Phi) is 4.98. The van der Waals surface area contributed by atoms with Crippen LogP contribution in [0.1, 0.15) is 21.6 Å². The molecule has 27 heavy (non-hydrogen) atoms. The molecular formula is C21H22N4O2. The van der Waals surface area contributed by atoms with Crippen molar-refractivity contribution in [3.05, 3.63) is 71.7 Å². The fraction of sp³-hybridized carbons (Fsp3) is 0.286. The van der Waals surface area contributed by atoms with Crippen molar-refractivity contribution in [2.24, 2.45) is 0 Å². The van der Waals surface area contributed by atoms with Gasteiger partial charge in [-0.3, -0.25) is 14.7 Å². The summed E-state index contributed by atoms with van der Waals surface area (Å²) in [6.07, 6.45) is 3.62. The van der Waals surface area contributed by atoms with Crippen molar-refractivity contribution < 1.29 is 9.32 Å². The molecule has 1 aliphatic rings. The topological polar surface area (TPSA) is 62.5 Å². The molecule has 6 nitrogen and oxygen atoms in total. The number of benzene rings is 1. The molecule has 1 fully saturated rings. The molecule has 1 amide bonds. The first-order chi connectivity index (χ1) is 13.2. The molecule has 138 valence electrons. The van der Waals surface area contributed by atoms with E-state index in [0.29, 0.717) is 24.5 Å². The second kappa shape index (κ2) is 7.72. The summed E-state index contributed by atoms with van der Waals surface area (Å²) in [6.45, 7) is 5.99. The molecule has 3 aromatic rings. The van der Waals surface area contributed by atoms with Crippen molar-refractivity contribution in [1.82, 2.24) is 19.9 Å². The molecule has 0 aliphatic carbocycles. The van der Waals surface area contributed by atoms with Gasteiger partial charge in [0.25, 0.3) is 5.91 Å². The average Bonchev–Trinajstić information content (AvgIpc) is 3.20. The number of carbonyl (C=O) groups is 1. The number of piperazine rings is 1. The summed E-state index contributed by atoms with van der Waals surface area (Å²) in [4.78, 5) is 21.0. The predicted molar refractivity (Wildman–Crippen MR) is 102 cm³/mol. The van der Waals surface area contributed by atoms with E-state index < -0.39 is 0 Å². The number of hydrogen-bond donors (Lipinski definition) is 0. The van der Waals surface area contributed by atoms with Gasteiger partial charge in [0.1, 0.15) is 0 Å². The fourth-order valence-corrected chi connectivity index (χ4v) is 3.25. The minimum absolute atomic E-state index is 0.0688. The van der Waals surface area contributed by atoms with Crippen LogP contribution in [-0.2, 0) is 6.54 Å². The maximum atomic E-state index is 12.7. The van der Waals surface area contributed by atoms with E-state index >= 15 is 0 Å². The highest BCUT2D eigenvalue weighted by molar-refractivity contribution is 5.93. The van der Waals surface area contributed by atoms with Crippen molar-refractivity contribution in [2.45, 2.75) is 13.5 Å². The zero-order valence-corrected chi connectivity index (χ0v) is 15.3. The third kappa shape index (κ3) is 4.06. The molecule has 3 heterocycles. The first kappa shape index (κ1) is 17.4. The molecule has 1 aromatic carbocycles. The smallest absolute Gasteiger partial charge is 0.276 e. The fourth-order valence-electron chi connectivity index (χ4n) is 3.25. The van der Waals surface area contributed by atoms with Gasteiger partial charge >= 0.3 is 0 Å². The van der Waals surface area contributed by atoms with Gasteiger partial charge in [-0.2, -0.15) is 0 Å². The van der Waals surface area contributed by atoms with Gasteiger partial charge in [0, 0.05) is 56.7 Å². The molecule has 1 aliphatic heterocycles. The van der Waals surface area contributed by atoms with Gasteiger partial charge in [0.05, 0.1) is 0 Å². The second-order valence-corrected chi connectivity index (χ2v) is 6.87. The van der Waals surface area contributed by atoms with E-state index in [9.17, 15) is 4.79 Å². The number of aromatic nitrogens is 2. The van der Waals surface area contributed by atoms with Gasteiger partial charge < -0.3 is 9.42 Å². The van der Waals surface area contributed by atoms with E-state index in [-0.39, 0.29) is 5.91 Å². The van der Waals surface area contributed by atoms with Gasteiger partial charge in [-0.15, -0.1) is 0 Å². The molecule has 2 aromatic heterocycles. The normalized spacial score (nSPS) is 15.1. The molecule has 4 rings (SSSR count). The first-order valence-corrected chi connectivity index (χ1v) is 9.13. The summed E-state index contributed by atoms with van der Waals surface area (Å²) < 4.78 is 5.39. The van der Waals surface area contributed by atoms with Gasteiger partial charge in [-0.25, -0.2) is 0 Å². The quantitative estimate of drug-likeness (QED) is 0.714. The van der Waals surface area contributed by atoms with Crippen LogP contribution in [-0.4, -0.2) is 52.0 Å². The third-order valence-electron chi connectivity index (χ3n) is 4.88. The Morgan fingerprint density at radius 2 is 1.74 bits per heavy atom. The van der Waals surface area contributed by atoms with Crippen LogP contribution >= 0.6 is 0 Å². The molecule has 0 unspecified atom stereocenters. The number of nitrogens with zero attached hydrogens (tertiary/aromatic N) is 4. The minimum Gasteiger partial charge on any atom is -0.355 e. The standard InChI is InChI=1S/C21H22N4O2/c1-16-2-4-18(5-3-16)20-14-19(23-27-20)21(26)25-12-10-24(11-13-25)15-17-6-8-22-9-7-17/h2-9,14H,10-13,15H2,1H3. The van der Waals surface area contributed by atoms with E-state index in [1.807, 2.05) is 60.6 Å². The van der Waals surface area contributed by atoms with E-state index in [2.05, 4.69) is 15.0 Å². The predicted octanol–water partition coefficient (Wildman–Crippen LogP) is 3.00. The van der Waals surface area contributed by atoms with Crippen LogP contribution in [0.25, 0.3) is 11.3 Å². The number of carbonyl (C=O) groups excluding carboxylic acids is 1. The molecule has 1 saturated heterocycles. The van der Waals surface area contributed by atoms with Crippen molar-refractivity contribution in [2.75, 3.05) is 26.2 Å². The highest BCUT2D eigenvalue weighted by Gasteiger charge is 2.24. The monoisotopic (exact) mass is 362 g/mol. The number of rotatable bonds is 4. The van der Waals surface area contributed by atoms with Crippen LogP contribution in [0.5, 0.6) is 0 Å². The van der Waals surface area contributed by atoms with Gasteiger partial charge in [-0.1, -0.05) is 35.0 Å². The van der Waals surface area contributed by atoms with Crippen molar-refractivity contribution in [1.29, 1.82) is 0 Å². The summed E-state index contributed by atoms with van der Waals surface area (Å²) in [7, 11) is 0. The minimum atomic E-state index is -0.0688. The van der Waals surface area contributed by atoms with E-state index in [1.165, 1.54) is 11.1 Å².